The molecule has 38 heavy (non-hydrogen) atoms. The van der Waals surface area contributed by atoms with Crippen LogP contribution in [0.5, 0.6) is 0 Å². The van der Waals surface area contributed by atoms with Crippen molar-refractivity contribution in [3.63, 3.8) is 0 Å². The number of nitrogens with zero attached hydrogens (tertiary/aromatic N) is 4. The number of carbonyl (C=O) groups is 2. The van der Waals surface area contributed by atoms with Crippen molar-refractivity contribution in [1.82, 2.24) is 25.3 Å². The highest BCUT2D eigenvalue weighted by Gasteiger charge is 2.28. The monoisotopic (exact) mass is 530 g/mol. The Balaban J connectivity index is 1.19. The third-order valence-corrected chi connectivity index (χ3v) is 6.75. The van der Waals surface area contributed by atoms with Crippen LogP contribution in [-0.2, 0) is 17.9 Å². The molecular weight excluding hydrogens is 504 g/mol. The molecule has 0 spiro atoms. The summed E-state index contributed by atoms with van der Waals surface area (Å²) in [6.45, 7) is 2.15. The van der Waals surface area contributed by atoms with Gasteiger partial charge in [0.25, 0.3) is 5.91 Å². The van der Waals surface area contributed by atoms with Gasteiger partial charge in [0, 0.05) is 31.0 Å². The number of piperidine rings is 1. The first-order chi connectivity index (χ1) is 18.6. The normalized spacial score (nSPS) is 15.7. The fourth-order valence-corrected chi connectivity index (χ4v) is 4.70. The number of likely N-dealkylation sites (tertiary alicyclic amines) is 1. The summed E-state index contributed by atoms with van der Waals surface area (Å²) in [6.07, 6.45) is 5.00. The van der Waals surface area contributed by atoms with Crippen molar-refractivity contribution in [3.05, 3.63) is 95.1 Å². The van der Waals surface area contributed by atoms with E-state index in [9.17, 15) is 9.59 Å². The van der Waals surface area contributed by atoms with Crippen molar-refractivity contribution in [2.45, 2.75) is 25.9 Å². The lowest BCUT2D eigenvalue weighted by Gasteiger charge is -2.31. The van der Waals surface area contributed by atoms with Crippen molar-refractivity contribution < 1.29 is 14.1 Å². The maximum atomic E-state index is 13.2. The molecule has 10 heteroatoms. The molecule has 0 saturated carbocycles. The molecule has 2 aromatic carbocycles. The van der Waals surface area contributed by atoms with E-state index in [1.54, 1.807) is 42.7 Å². The van der Waals surface area contributed by atoms with Gasteiger partial charge in [0.2, 0.25) is 17.6 Å². The zero-order valence-electron chi connectivity index (χ0n) is 20.6. The van der Waals surface area contributed by atoms with Gasteiger partial charge in [-0.05, 0) is 55.3 Å². The van der Waals surface area contributed by atoms with Crippen LogP contribution in [0.15, 0.2) is 77.6 Å². The second-order valence-electron chi connectivity index (χ2n) is 9.14. The number of pyridine rings is 1. The first kappa shape index (κ1) is 25.6. The zero-order chi connectivity index (χ0) is 26.3. The van der Waals surface area contributed by atoms with Crippen LogP contribution in [0.2, 0.25) is 5.02 Å². The minimum atomic E-state index is -0.263. The van der Waals surface area contributed by atoms with E-state index in [4.69, 9.17) is 16.1 Å². The molecule has 0 bridgehead atoms. The molecule has 1 fully saturated rings. The summed E-state index contributed by atoms with van der Waals surface area (Å²) < 4.78 is 5.45. The second-order valence-corrected chi connectivity index (χ2v) is 9.55. The Morgan fingerprint density at radius 2 is 1.92 bits per heavy atom. The molecule has 3 heterocycles. The Bertz CT molecular complexity index is 1410. The van der Waals surface area contributed by atoms with Crippen molar-refractivity contribution in [1.29, 1.82) is 0 Å². The number of halogens is 1. The molecule has 0 radical (unpaired) electrons. The average Bonchev–Trinajstić information content (AvgIpc) is 3.41. The number of anilines is 1. The van der Waals surface area contributed by atoms with Crippen LogP contribution in [0.1, 0.15) is 34.7 Å². The van der Waals surface area contributed by atoms with Gasteiger partial charge in [-0.25, -0.2) is 0 Å². The lowest BCUT2D eigenvalue weighted by atomic mass is 9.96. The predicted octanol–water partition coefficient (Wildman–Crippen LogP) is 4.57. The van der Waals surface area contributed by atoms with Gasteiger partial charge in [0.15, 0.2) is 0 Å². The van der Waals surface area contributed by atoms with E-state index in [1.165, 1.54) is 0 Å². The van der Waals surface area contributed by atoms with E-state index in [0.717, 1.165) is 24.9 Å². The van der Waals surface area contributed by atoms with E-state index >= 15 is 0 Å². The Morgan fingerprint density at radius 3 is 2.76 bits per heavy atom. The van der Waals surface area contributed by atoms with Crippen molar-refractivity contribution in [3.8, 4) is 11.4 Å². The summed E-state index contributed by atoms with van der Waals surface area (Å²) >= 11 is 6.25. The molecule has 194 valence electrons. The van der Waals surface area contributed by atoms with Crippen molar-refractivity contribution >= 4 is 29.1 Å². The number of aromatic nitrogens is 3. The Hall–Kier alpha value is -4.08. The molecule has 1 aliphatic heterocycles. The number of amides is 2. The van der Waals surface area contributed by atoms with Crippen LogP contribution < -0.4 is 10.6 Å². The van der Waals surface area contributed by atoms with Crippen molar-refractivity contribution in [2.75, 3.05) is 18.4 Å². The van der Waals surface area contributed by atoms with Gasteiger partial charge in [0.05, 0.1) is 28.7 Å². The fraction of sp³-hybridized carbons (Fsp3) is 0.250. The largest absolute Gasteiger partial charge is 0.348 e. The molecule has 1 aliphatic rings. The van der Waals surface area contributed by atoms with Crippen LogP contribution in [0.3, 0.4) is 0 Å². The highest BCUT2D eigenvalue weighted by molar-refractivity contribution is 6.33. The van der Waals surface area contributed by atoms with Crippen molar-refractivity contribution in [2.24, 2.45) is 5.92 Å². The van der Waals surface area contributed by atoms with Gasteiger partial charge in [-0.15, -0.1) is 0 Å². The lowest BCUT2D eigenvalue weighted by Crippen LogP contribution is -2.40. The van der Waals surface area contributed by atoms with Gasteiger partial charge in [-0.2, -0.15) is 4.98 Å². The summed E-state index contributed by atoms with van der Waals surface area (Å²) in [6, 6.07) is 18.1. The number of hydrogen-bond acceptors (Lipinski definition) is 7. The SMILES string of the molecule is O=C(NCc1cccnc1)c1ccccc1NC(=O)C1CCCN(Cc2nc(-c3ccccc3Cl)no2)C1. The van der Waals surface area contributed by atoms with E-state index in [2.05, 4.69) is 30.7 Å². The number of nitrogens with one attached hydrogen (secondary N) is 2. The van der Waals surface area contributed by atoms with E-state index in [1.807, 2.05) is 30.3 Å². The minimum absolute atomic E-state index is 0.121. The van der Waals surface area contributed by atoms with Gasteiger partial charge in [-0.1, -0.05) is 47.1 Å². The number of para-hydroxylation sites is 1. The van der Waals surface area contributed by atoms with Crippen LogP contribution in [0.25, 0.3) is 11.4 Å². The molecule has 2 amide bonds. The third-order valence-electron chi connectivity index (χ3n) is 6.42. The second kappa shape index (κ2) is 12.0. The highest BCUT2D eigenvalue weighted by atomic mass is 35.5. The summed E-state index contributed by atoms with van der Waals surface area (Å²) in [5.41, 5.74) is 2.50. The quantitative estimate of drug-likeness (QED) is 0.343. The van der Waals surface area contributed by atoms with Crippen LogP contribution in [0, 0.1) is 5.92 Å². The molecule has 2 aromatic heterocycles. The molecule has 5 rings (SSSR count). The highest BCUT2D eigenvalue weighted by Crippen LogP contribution is 2.26. The number of hydrogen-bond donors (Lipinski definition) is 2. The Kier molecular flexibility index (Phi) is 8.06. The Labute approximate surface area is 225 Å². The summed E-state index contributed by atoms with van der Waals surface area (Å²) in [5, 5.41) is 10.5. The molecule has 2 N–H and O–H groups in total. The maximum Gasteiger partial charge on any atom is 0.253 e. The average molecular weight is 531 g/mol. The zero-order valence-corrected chi connectivity index (χ0v) is 21.4. The van der Waals surface area contributed by atoms with E-state index < -0.39 is 0 Å². The van der Waals surface area contributed by atoms with E-state index in [-0.39, 0.29) is 17.7 Å². The standard InChI is InChI=1S/C28H27ClN6O3/c29-23-11-3-1-9-21(23)26-33-25(38-34-26)18-35-14-6-8-20(17-35)27(36)32-24-12-4-2-10-22(24)28(37)31-16-19-7-5-13-30-15-19/h1-5,7,9-13,15,20H,6,8,14,16-18H2,(H,31,37)(H,32,36). The Morgan fingerprint density at radius 1 is 1.08 bits per heavy atom. The molecule has 1 unspecified atom stereocenters. The topological polar surface area (TPSA) is 113 Å². The molecular formula is C28H27ClN6O3. The molecule has 1 atom stereocenters. The molecule has 4 aromatic rings. The van der Waals surface area contributed by atoms with Gasteiger partial charge >= 0.3 is 0 Å². The van der Waals surface area contributed by atoms with Gasteiger partial charge < -0.3 is 15.2 Å². The number of benzene rings is 2. The van der Waals surface area contributed by atoms with Gasteiger partial charge in [-0.3, -0.25) is 19.5 Å². The number of carbonyl (C=O) groups excluding carboxylic acids is 2. The molecule has 1 saturated heterocycles. The molecule has 9 nitrogen and oxygen atoms in total. The first-order valence-electron chi connectivity index (χ1n) is 12.4. The maximum absolute atomic E-state index is 13.2. The van der Waals surface area contributed by atoms with Crippen LogP contribution in [0.4, 0.5) is 5.69 Å². The lowest BCUT2D eigenvalue weighted by molar-refractivity contribution is -0.121. The molecule has 0 aliphatic carbocycles. The van der Waals surface area contributed by atoms with Gasteiger partial charge in [0.1, 0.15) is 0 Å². The smallest absolute Gasteiger partial charge is 0.253 e. The summed E-state index contributed by atoms with van der Waals surface area (Å²) in [7, 11) is 0. The predicted molar refractivity (Wildman–Crippen MR) is 143 cm³/mol. The fourth-order valence-electron chi connectivity index (χ4n) is 4.48. The summed E-state index contributed by atoms with van der Waals surface area (Å²) in [5.74, 6) is 0.290. The van der Waals surface area contributed by atoms with Crippen LogP contribution >= 0.6 is 11.6 Å². The minimum Gasteiger partial charge on any atom is -0.348 e. The van der Waals surface area contributed by atoms with E-state index in [0.29, 0.717) is 53.2 Å². The number of rotatable bonds is 8. The van der Waals surface area contributed by atoms with Crippen LogP contribution in [-0.4, -0.2) is 44.9 Å². The first-order valence-corrected chi connectivity index (χ1v) is 12.8. The third kappa shape index (κ3) is 6.24. The summed E-state index contributed by atoms with van der Waals surface area (Å²) in [4.78, 5) is 36.7.